The second-order valence-corrected chi connectivity index (χ2v) is 5.19. The van der Waals surface area contributed by atoms with Gasteiger partial charge in [-0.2, -0.15) is 0 Å². The molecule has 0 unspecified atom stereocenters. The van der Waals surface area contributed by atoms with Gasteiger partial charge in [-0.25, -0.2) is 0 Å². The van der Waals surface area contributed by atoms with Crippen molar-refractivity contribution >= 4 is 28.1 Å². The standard InChI is InChI=1S/C17H16N4O/c1-10-3-4-14(18)13-6-8-20-16(15(10)13)17(22)21-12-5-7-19-11(2)9-12/h3-9H,18H2,1-2H3,(H,19,21,22). The van der Waals surface area contributed by atoms with Crippen LogP contribution in [0, 0.1) is 13.8 Å². The molecule has 1 aromatic carbocycles. The average molecular weight is 292 g/mol. The number of fused-ring (bicyclic) bond motifs is 1. The lowest BCUT2D eigenvalue weighted by atomic mass is 10.0. The highest BCUT2D eigenvalue weighted by Crippen LogP contribution is 2.26. The summed E-state index contributed by atoms with van der Waals surface area (Å²) < 4.78 is 0. The zero-order valence-corrected chi connectivity index (χ0v) is 12.4. The second kappa shape index (κ2) is 5.44. The summed E-state index contributed by atoms with van der Waals surface area (Å²) in [5.41, 5.74) is 9.50. The summed E-state index contributed by atoms with van der Waals surface area (Å²) in [4.78, 5) is 20.9. The summed E-state index contributed by atoms with van der Waals surface area (Å²) in [6.45, 7) is 3.81. The molecule has 0 radical (unpaired) electrons. The number of nitrogens with two attached hydrogens (primary N) is 1. The molecule has 0 fully saturated rings. The van der Waals surface area contributed by atoms with Crippen molar-refractivity contribution in [2.75, 3.05) is 11.1 Å². The molecule has 0 aliphatic heterocycles. The van der Waals surface area contributed by atoms with E-state index in [2.05, 4.69) is 15.3 Å². The summed E-state index contributed by atoms with van der Waals surface area (Å²) in [5, 5.41) is 4.48. The Hall–Kier alpha value is -2.95. The molecule has 3 aromatic rings. The fourth-order valence-electron chi connectivity index (χ4n) is 2.48. The number of carbonyl (C=O) groups excluding carboxylic acids is 1. The number of carbonyl (C=O) groups is 1. The van der Waals surface area contributed by atoms with Gasteiger partial charge in [0.15, 0.2) is 0 Å². The van der Waals surface area contributed by atoms with Gasteiger partial charge in [-0.05, 0) is 43.7 Å². The Bertz CT molecular complexity index is 874. The van der Waals surface area contributed by atoms with Gasteiger partial charge in [0.1, 0.15) is 5.69 Å². The van der Waals surface area contributed by atoms with Crippen molar-refractivity contribution in [3.05, 3.63) is 59.7 Å². The van der Waals surface area contributed by atoms with Gasteiger partial charge in [-0.15, -0.1) is 0 Å². The average Bonchev–Trinajstić information content (AvgIpc) is 2.50. The topological polar surface area (TPSA) is 80.9 Å². The van der Waals surface area contributed by atoms with Gasteiger partial charge >= 0.3 is 0 Å². The van der Waals surface area contributed by atoms with Crippen LogP contribution in [-0.4, -0.2) is 15.9 Å². The molecular formula is C17H16N4O. The Labute approximate surface area is 128 Å². The molecule has 3 rings (SSSR count). The molecule has 5 nitrogen and oxygen atoms in total. The van der Waals surface area contributed by atoms with Crippen LogP contribution in [0.1, 0.15) is 21.7 Å². The minimum absolute atomic E-state index is 0.259. The number of pyridine rings is 2. The molecule has 3 N–H and O–H groups in total. The molecule has 0 spiro atoms. The molecule has 0 aliphatic rings. The predicted molar refractivity (Wildman–Crippen MR) is 87.8 cm³/mol. The quantitative estimate of drug-likeness (QED) is 0.711. The van der Waals surface area contributed by atoms with E-state index < -0.39 is 0 Å². The van der Waals surface area contributed by atoms with Crippen molar-refractivity contribution in [1.29, 1.82) is 0 Å². The van der Waals surface area contributed by atoms with Gasteiger partial charge in [0.2, 0.25) is 0 Å². The molecule has 1 amide bonds. The van der Waals surface area contributed by atoms with Crippen LogP contribution in [0.25, 0.3) is 10.8 Å². The van der Waals surface area contributed by atoms with Gasteiger partial charge in [0, 0.05) is 40.2 Å². The molecule has 0 bridgehead atoms. The first-order chi connectivity index (χ1) is 10.6. The smallest absolute Gasteiger partial charge is 0.274 e. The highest BCUT2D eigenvalue weighted by atomic mass is 16.1. The van der Waals surface area contributed by atoms with E-state index in [0.717, 1.165) is 22.0 Å². The van der Waals surface area contributed by atoms with Gasteiger partial charge in [0.25, 0.3) is 5.91 Å². The molecule has 22 heavy (non-hydrogen) atoms. The Morgan fingerprint density at radius 2 is 1.86 bits per heavy atom. The molecule has 0 saturated carbocycles. The summed E-state index contributed by atoms with van der Waals surface area (Å²) in [6.07, 6.45) is 3.26. The number of amides is 1. The maximum Gasteiger partial charge on any atom is 0.274 e. The predicted octanol–water partition coefficient (Wildman–Crippen LogP) is 3.08. The van der Waals surface area contributed by atoms with E-state index in [0.29, 0.717) is 17.1 Å². The van der Waals surface area contributed by atoms with E-state index >= 15 is 0 Å². The molecule has 0 atom stereocenters. The lowest BCUT2D eigenvalue weighted by Crippen LogP contribution is -2.15. The number of nitrogens with zero attached hydrogens (tertiary/aromatic N) is 2. The van der Waals surface area contributed by atoms with Crippen LogP contribution < -0.4 is 11.1 Å². The molecule has 0 aliphatic carbocycles. The Balaban J connectivity index is 2.06. The number of anilines is 2. The first-order valence-corrected chi connectivity index (χ1v) is 6.94. The van der Waals surface area contributed by atoms with Crippen LogP contribution in [0.4, 0.5) is 11.4 Å². The van der Waals surface area contributed by atoms with Crippen molar-refractivity contribution in [2.45, 2.75) is 13.8 Å². The Morgan fingerprint density at radius 3 is 2.64 bits per heavy atom. The lowest BCUT2D eigenvalue weighted by molar-refractivity contribution is 0.102. The van der Waals surface area contributed by atoms with Crippen molar-refractivity contribution in [1.82, 2.24) is 9.97 Å². The Kier molecular flexibility index (Phi) is 3.47. The summed E-state index contributed by atoms with van der Waals surface area (Å²) >= 11 is 0. The van der Waals surface area contributed by atoms with Crippen molar-refractivity contribution < 1.29 is 4.79 Å². The van der Waals surface area contributed by atoms with Crippen LogP contribution in [0.15, 0.2) is 42.7 Å². The van der Waals surface area contributed by atoms with E-state index in [-0.39, 0.29) is 5.91 Å². The zero-order valence-electron chi connectivity index (χ0n) is 12.4. The summed E-state index contributed by atoms with van der Waals surface area (Å²) in [7, 11) is 0. The SMILES string of the molecule is Cc1cc(NC(=O)c2nccc3c(N)ccc(C)c23)ccn1. The normalized spacial score (nSPS) is 10.6. The molecule has 110 valence electrons. The second-order valence-electron chi connectivity index (χ2n) is 5.19. The highest BCUT2D eigenvalue weighted by Gasteiger charge is 2.15. The molecule has 2 aromatic heterocycles. The van der Waals surface area contributed by atoms with E-state index in [1.54, 1.807) is 18.5 Å². The number of aromatic nitrogens is 2. The van der Waals surface area contributed by atoms with Gasteiger partial charge < -0.3 is 11.1 Å². The van der Waals surface area contributed by atoms with Crippen molar-refractivity contribution in [3.63, 3.8) is 0 Å². The number of benzene rings is 1. The monoisotopic (exact) mass is 292 g/mol. The largest absolute Gasteiger partial charge is 0.398 e. The number of hydrogen-bond acceptors (Lipinski definition) is 4. The van der Waals surface area contributed by atoms with Crippen molar-refractivity contribution in [3.8, 4) is 0 Å². The maximum absolute atomic E-state index is 12.6. The van der Waals surface area contributed by atoms with Crippen molar-refractivity contribution in [2.24, 2.45) is 0 Å². The van der Waals surface area contributed by atoms with Crippen LogP contribution in [-0.2, 0) is 0 Å². The molecule has 2 heterocycles. The first-order valence-electron chi connectivity index (χ1n) is 6.94. The third kappa shape index (κ3) is 2.48. The van der Waals surface area contributed by atoms with E-state index in [1.165, 1.54) is 0 Å². The summed E-state index contributed by atoms with van der Waals surface area (Å²) in [6, 6.07) is 9.12. The number of nitrogen functional groups attached to an aromatic ring is 1. The van der Waals surface area contributed by atoms with Crippen LogP contribution in [0.2, 0.25) is 0 Å². The Morgan fingerprint density at radius 1 is 1.09 bits per heavy atom. The number of nitrogens with one attached hydrogen (secondary N) is 1. The van der Waals surface area contributed by atoms with E-state index in [9.17, 15) is 4.79 Å². The number of rotatable bonds is 2. The third-order valence-electron chi connectivity index (χ3n) is 3.54. The lowest BCUT2D eigenvalue weighted by Gasteiger charge is -2.11. The van der Waals surface area contributed by atoms with Crippen LogP contribution in [0.3, 0.4) is 0 Å². The fourth-order valence-corrected chi connectivity index (χ4v) is 2.48. The third-order valence-corrected chi connectivity index (χ3v) is 3.54. The van der Waals surface area contributed by atoms with Crippen LogP contribution >= 0.6 is 0 Å². The van der Waals surface area contributed by atoms with Gasteiger partial charge in [0.05, 0.1) is 0 Å². The van der Waals surface area contributed by atoms with Gasteiger partial charge in [-0.3, -0.25) is 14.8 Å². The minimum Gasteiger partial charge on any atom is -0.398 e. The fraction of sp³-hybridized carbons (Fsp3) is 0.118. The number of hydrogen-bond donors (Lipinski definition) is 2. The zero-order chi connectivity index (χ0) is 15.7. The van der Waals surface area contributed by atoms with E-state index in [1.807, 2.05) is 38.1 Å². The highest BCUT2D eigenvalue weighted by molar-refractivity contribution is 6.13. The van der Waals surface area contributed by atoms with E-state index in [4.69, 9.17) is 5.73 Å². The minimum atomic E-state index is -0.259. The molecule has 0 saturated heterocycles. The van der Waals surface area contributed by atoms with Gasteiger partial charge in [-0.1, -0.05) is 6.07 Å². The number of aryl methyl sites for hydroxylation is 2. The van der Waals surface area contributed by atoms with Crippen LogP contribution in [0.5, 0.6) is 0 Å². The maximum atomic E-state index is 12.6. The summed E-state index contributed by atoms with van der Waals surface area (Å²) in [5.74, 6) is -0.259. The molecule has 5 heteroatoms. The first kappa shape index (κ1) is 14.0. The molecular weight excluding hydrogens is 276 g/mol.